The van der Waals surface area contributed by atoms with Crippen LogP contribution in [0.1, 0.15) is 43.2 Å². The molecule has 2 unspecified atom stereocenters. The van der Waals surface area contributed by atoms with Gasteiger partial charge >= 0.3 is 0 Å². The molecule has 0 aliphatic heterocycles. The molecule has 15 heavy (non-hydrogen) atoms. The number of carbonyl (C=O) groups is 1. The minimum absolute atomic E-state index is 0.164. The van der Waals surface area contributed by atoms with E-state index in [4.69, 9.17) is 0 Å². The zero-order chi connectivity index (χ0) is 10.8. The fourth-order valence-electron chi connectivity index (χ4n) is 2.37. The Morgan fingerprint density at radius 1 is 1.53 bits per heavy atom. The Bertz CT molecular complexity index is 358. The molecule has 0 aromatic carbocycles. The third kappa shape index (κ3) is 2.08. The van der Waals surface area contributed by atoms with Gasteiger partial charge in [-0.1, -0.05) is 19.8 Å². The maximum Gasteiger partial charge on any atom is 0.202 e. The molecule has 1 aromatic rings. The van der Waals surface area contributed by atoms with Gasteiger partial charge in [0.2, 0.25) is 5.78 Å². The third-order valence-corrected chi connectivity index (χ3v) is 3.24. The van der Waals surface area contributed by atoms with E-state index in [0.717, 1.165) is 19.3 Å². The Balaban J connectivity index is 2.11. The molecule has 0 radical (unpaired) electrons. The molecule has 4 nitrogen and oxygen atoms in total. The van der Waals surface area contributed by atoms with Crippen molar-refractivity contribution in [1.29, 1.82) is 0 Å². The molecule has 0 saturated heterocycles. The Morgan fingerprint density at radius 3 is 2.93 bits per heavy atom. The minimum atomic E-state index is 0.164. The lowest BCUT2D eigenvalue weighted by Crippen LogP contribution is -2.24. The summed E-state index contributed by atoms with van der Waals surface area (Å²) in [7, 11) is 1.77. The van der Waals surface area contributed by atoms with Crippen LogP contribution in [-0.2, 0) is 7.05 Å². The number of hydrogen-bond donors (Lipinski definition) is 0. The van der Waals surface area contributed by atoms with Gasteiger partial charge in [0, 0.05) is 13.0 Å². The van der Waals surface area contributed by atoms with Crippen LogP contribution >= 0.6 is 0 Å². The summed E-state index contributed by atoms with van der Waals surface area (Å²) in [5.41, 5.74) is 0. The summed E-state index contributed by atoms with van der Waals surface area (Å²) >= 11 is 0. The van der Waals surface area contributed by atoms with Gasteiger partial charge in [-0.25, -0.2) is 9.67 Å². The minimum Gasteiger partial charge on any atom is -0.290 e. The van der Waals surface area contributed by atoms with Gasteiger partial charge in [-0.3, -0.25) is 4.79 Å². The second kappa shape index (κ2) is 4.13. The maximum absolute atomic E-state index is 12.1. The van der Waals surface area contributed by atoms with E-state index in [0.29, 0.717) is 11.7 Å². The number of carbonyl (C=O) groups excluding carboxylic acids is 1. The molecular weight excluding hydrogens is 190 g/mol. The highest BCUT2D eigenvalue weighted by Gasteiger charge is 2.28. The normalized spacial score (nSPS) is 26.5. The summed E-state index contributed by atoms with van der Waals surface area (Å²) in [6.45, 7) is 2.22. The quantitative estimate of drug-likeness (QED) is 0.695. The smallest absolute Gasteiger partial charge is 0.202 e. The van der Waals surface area contributed by atoms with Gasteiger partial charge in [0.25, 0.3) is 0 Å². The van der Waals surface area contributed by atoms with E-state index >= 15 is 0 Å². The number of aryl methyl sites for hydroxylation is 1. The number of rotatable bonds is 2. The molecular formula is C11H17N3O. The lowest BCUT2D eigenvalue weighted by molar-refractivity contribution is 0.0853. The fraction of sp³-hybridized carbons (Fsp3) is 0.727. The first-order chi connectivity index (χ1) is 7.18. The maximum atomic E-state index is 12.1. The van der Waals surface area contributed by atoms with Crippen molar-refractivity contribution in [3.8, 4) is 0 Å². The number of hydrogen-bond acceptors (Lipinski definition) is 3. The summed E-state index contributed by atoms with van der Waals surface area (Å²) in [6.07, 6.45) is 5.87. The molecule has 0 N–H and O–H groups in total. The largest absolute Gasteiger partial charge is 0.290 e. The van der Waals surface area contributed by atoms with Crippen LogP contribution in [0.15, 0.2) is 6.33 Å². The molecule has 4 heteroatoms. The fourth-order valence-corrected chi connectivity index (χ4v) is 2.37. The summed E-state index contributed by atoms with van der Waals surface area (Å²) < 4.78 is 1.57. The van der Waals surface area contributed by atoms with Crippen molar-refractivity contribution >= 4 is 5.78 Å². The molecule has 0 spiro atoms. The van der Waals surface area contributed by atoms with Crippen molar-refractivity contribution in [3.05, 3.63) is 12.2 Å². The van der Waals surface area contributed by atoms with Crippen molar-refractivity contribution in [2.45, 2.75) is 32.6 Å². The highest BCUT2D eigenvalue weighted by molar-refractivity contribution is 5.94. The predicted molar refractivity (Wildman–Crippen MR) is 56.5 cm³/mol. The van der Waals surface area contributed by atoms with Crippen molar-refractivity contribution in [1.82, 2.24) is 14.8 Å². The number of ketones is 1. The summed E-state index contributed by atoms with van der Waals surface area (Å²) in [6, 6.07) is 0. The van der Waals surface area contributed by atoms with E-state index in [-0.39, 0.29) is 11.7 Å². The van der Waals surface area contributed by atoms with Crippen molar-refractivity contribution in [2.75, 3.05) is 0 Å². The van der Waals surface area contributed by atoms with E-state index in [1.54, 1.807) is 11.7 Å². The van der Waals surface area contributed by atoms with Gasteiger partial charge in [-0.15, -0.1) is 0 Å². The Labute approximate surface area is 89.7 Å². The number of Topliss-reactive ketones (excluding diaryl/α,β-unsaturated/α-hetero) is 1. The lowest BCUT2D eigenvalue weighted by atomic mass is 9.80. The van der Waals surface area contributed by atoms with Crippen LogP contribution in [0.25, 0.3) is 0 Å². The molecule has 1 aromatic heterocycles. The second-order valence-electron chi connectivity index (χ2n) is 4.54. The van der Waals surface area contributed by atoms with Crippen LogP contribution in [0.2, 0.25) is 0 Å². The molecule has 1 aliphatic carbocycles. The summed E-state index contributed by atoms with van der Waals surface area (Å²) in [5.74, 6) is 1.51. The zero-order valence-electron chi connectivity index (χ0n) is 9.31. The first-order valence-corrected chi connectivity index (χ1v) is 5.56. The molecule has 1 aliphatic rings. The monoisotopic (exact) mass is 207 g/mol. The Kier molecular flexibility index (Phi) is 2.84. The van der Waals surface area contributed by atoms with E-state index in [1.165, 1.54) is 12.7 Å². The van der Waals surface area contributed by atoms with Crippen LogP contribution < -0.4 is 0 Å². The molecule has 1 heterocycles. The van der Waals surface area contributed by atoms with Gasteiger partial charge in [-0.2, -0.15) is 5.10 Å². The van der Waals surface area contributed by atoms with Crippen LogP contribution in [0.3, 0.4) is 0 Å². The molecule has 0 amide bonds. The van der Waals surface area contributed by atoms with Crippen LogP contribution in [-0.4, -0.2) is 20.5 Å². The van der Waals surface area contributed by atoms with Gasteiger partial charge in [0.15, 0.2) is 5.82 Å². The predicted octanol–water partition coefficient (Wildman–Crippen LogP) is 1.82. The highest BCUT2D eigenvalue weighted by atomic mass is 16.1. The van der Waals surface area contributed by atoms with E-state index in [2.05, 4.69) is 17.0 Å². The Hall–Kier alpha value is -1.19. The van der Waals surface area contributed by atoms with E-state index < -0.39 is 0 Å². The van der Waals surface area contributed by atoms with Crippen molar-refractivity contribution < 1.29 is 4.79 Å². The zero-order valence-corrected chi connectivity index (χ0v) is 9.31. The average molecular weight is 207 g/mol. The van der Waals surface area contributed by atoms with Crippen molar-refractivity contribution in [3.63, 3.8) is 0 Å². The summed E-state index contributed by atoms with van der Waals surface area (Å²) in [4.78, 5) is 16.1. The first-order valence-electron chi connectivity index (χ1n) is 5.56. The van der Waals surface area contributed by atoms with Gasteiger partial charge in [-0.05, 0) is 18.8 Å². The molecule has 82 valence electrons. The molecule has 1 saturated carbocycles. The van der Waals surface area contributed by atoms with Crippen LogP contribution in [0.4, 0.5) is 0 Å². The van der Waals surface area contributed by atoms with Crippen LogP contribution in [0.5, 0.6) is 0 Å². The third-order valence-electron chi connectivity index (χ3n) is 3.24. The Morgan fingerprint density at radius 2 is 2.33 bits per heavy atom. The van der Waals surface area contributed by atoms with E-state index in [9.17, 15) is 4.79 Å². The molecule has 1 fully saturated rings. The average Bonchev–Trinajstić information content (AvgIpc) is 2.63. The van der Waals surface area contributed by atoms with Gasteiger partial charge in [0.1, 0.15) is 6.33 Å². The standard InChI is InChI=1S/C11H17N3O/c1-8-4-3-5-9(6-8)10(15)11-12-7-13-14(11)2/h7-9H,3-6H2,1-2H3. The first kappa shape index (κ1) is 10.3. The number of nitrogens with zero attached hydrogens (tertiary/aromatic N) is 3. The highest BCUT2D eigenvalue weighted by Crippen LogP contribution is 2.30. The van der Waals surface area contributed by atoms with Crippen LogP contribution in [0, 0.1) is 11.8 Å². The van der Waals surface area contributed by atoms with Gasteiger partial charge < -0.3 is 0 Å². The topological polar surface area (TPSA) is 47.8 Å². The second-order valence-corrected chi connectivity index (χ2v) is 4.54. The molecule has 0 bridgehead atoms. The summed E-state index contributed by atoms with van der Waals surface area (Å²) in [5, 5.41) is 3.94. The molecule has 2 rings (SSSR count). The van der Waals surface area contributed by atoms with E-state index in [1.807, 2.05) is 0 Å². The lowest BCUT2D eigenvalue weighted by Gasteiger charge is -2.24. The SMILES string of the molecule is CC1CCCC(C(=O)c2ncnn2C)C1. The van der Waals surface area contributed by atoms with Crippen molar-refractivity contribution in [2.24, 2.45) is 18.9 Å². The number of aromatic nitrogens is 3. The van der Waals surface area contributed by atoms with Gasteiger partial charge in [0.05, 0.1) is 0 Å². The molecule has 2 atom stereocenters.